The van der Waals surface area contributed by atoms with E-state index < -0.39 is 0 Å². The fourth-order valence-electron chi connectivity index (χ4n) is 1.53. The Morgan fingerprint density at radius 2 is 1.94 bits per heavy atom. The van der Waals surface area contributed by atoms with Gasteiger partial charge in [0.05, 0.1) is 6.04 Å². The maximum atomic E-state index is 11.6. The lowest BCUT2D eigenvalue weighted by atomic mass is 10.0. The van der Waals surface area contributed by atoms with Crippen LogP contribution in [0.2, 0.25) is 0 Å². The summed E-state index contributed by atoms with van der Waals surface area (Å²) in [7, 11) is 5.39. The predicted molar refractivity (Wildman–Crippen MR) is 63.4 cm³/mol. The minimum absolute atomic E-state index is 0.00178. The minimum Gasteiger partial charge on any atom is -0.508 e. The fourth-order valence-corrected chi connectivity index (χ4v) is 1.53. The van der Waals surface area contributed by atoms with Crippen molar-refractivity contribution < 1.29 is 9.90 Å². The first-order valence-electron chi connectivity index (χ1n) is 5.20. The Balaban J connectivity index is 2.75. The van der Waals surface area contributed by atoms with Crippen molar-refractivity contribution in [1.82, 2.24) is 10.2 Å². The van der Waals surface area contributed by atoms with E-state index >= 15 is 0 Å². The average molecular weight is 222 g/mol. The van der Waals surface area contributed by atoms with Gasteiger partial charge in [-0.3, -0.25) is 9.69 Å². The number of carbonyl (C=O) groups excluding carboxylic acids is 1. The summed E-state index contributed by atoms with van der Waals surface area (Å²) in [5.41, 5.74) is 1.03. The zero-order chi connectivity index (χ0) is 12.1. The number of hydrogen-bond acceptors (Lipinski definition) is 3. The normalized spacial score (nSPS) is 12.5. The highest BCUT2D eigenvalue weighted by atomic mass is 16.3. The second-order valence-corrected chi connectivity index (χ2v) is 3.96. The zero-order valence-corrected chi connectivity index (χ0v) is 9.90. The summed E-state index contributed by atoms with van der Waals surface area (Å²) in [6, 6.07) is 6.73. The third kappa shape index (κ3) is 3.24. The Morgan fingerprint density at radius 1 is 1.38 bits per heavy atom. The van der Waals surface area contributed by atoms with E-state index in [-0.39, 0.29) is 17.7 Å². The molecule has 0 aromatic heterocycles. The molecular weight excluding hydrogens is 204 g/mol. The number of carbonyl (C=O) groups is 1. The Labute approximate surface area is 95.9 Å². The summed E-state index contributed by atoms with van der Waals surface area (Å²) < 4.78 is 0. The number of rotatable bonds is 4. The van der Waals surface area contributed by atoms with E-state index in [2.05, 4.69) is 5.32 Å². The molecule has 4 nitrogen and oxygen atoms in total. The quantitative estimate of drug-likeness (QED) is 0.785. The van der Waals surface area contributed by atoms with Gasteiger partial charge in [-0.25, -0.2) is 0 Å². The molecule has 1 aromatic rings. The van der Waals surface area contributed by atoms with E-state index in [1.54, 1.807) is 19.2 Å². The second-order valence-electron chi connectivity index (χ2n) is 3.96. The molecule has 1 amide bonds. The van der Waals surface area contributed by atoms with Crippen LogP contribution in [0.3, 0.4) is 0 Å². The van der Waals surface area contributed by atoms with Gasteiger partial charge in [0.1, 0.15) is 5.75 Å². The smallest absolute Gasteiger partial charge is 0.237 e. The number of hydrogen-bond donors (Lipinski definition) is 2. The summed E-state index contributed by atoms with van der Waals surface area (Å²) in [6.45, 7) is 0. The third-order valence-corrected chi connectivity index (χ3v) is 2.54. The van der Waals surface area contributed by atoms with Crippen LogP contribution in [0.4, 0.5) is 0 Å². The first kappa shape index (κ1) is 12.5. The summed E-state index contributed by atoms with van der Waals surface area (Å²) in [5, 5.41) is 11.8. The molecule has 0 aliphatic heterocycles. The highest BCUT2D eigenvalue weighted by Gasteiger charge is 2.19. The van der Waals surface area contributed by atoms with Gasteiger partial charge in [-0.15, -0.1) is 0 Å². The lowest BCUT2D eigenvalue weighted by molar-refractivity contribution is -0.125. The van der Waals surface area contributed by atoms with Gasteiger partial charge in [0, 0.05) is 7.05 Å². The Hall–Kier alpha value is -1.55. The molecule has 1 aromatic carbocycles. The van der Waals surface area contributed by atoms with Crippen molar-refractivity contribution in [1.29, 1.82) is 0 Å². The van der Waals surface area contributed by atoms with E-state index in [1.165, 1.54) is 0 Å². The van der Waals surface area contributed by atoms with Gasteiger partial charge in [-0.05, 0) is 38.2 Å². The van der Waals surface area contributed by atoms with Crippen LogP contribution < -0.4 is 5.32 Å². The summed E-state index contributed by atoms with van der Waals surface area (Å²) in [6.07, 6.45) is 0.632. The molecule has 1 rings (SSSR count). The van der Waals surface area contributed by atoms with Crippen LogP contribution in [0.5, 0.6) is 5.75 Å². The van der Waals surface area contributed by atoms with Crippen molar-refractivity contribution in [2.24, 2.45) is 0 Å². The standard InChI is InChI=1S/C12H18N2O2/c1-13-12(16)11(14(2)3)8-9-4-6-10(15)7-5-9/h4-7,11,15H,8H2,1-3H3,(H,13,16). The summed E-state index contributed by atoms with van der Waals surface area (Å²) in [5.74, 6) is 0.239. The topological polar surface area (TPSA) is 52.6 Å². The van der Waals surface area contributed by atoms with Crippen LogP contribution in [0.25, 0.3) is 0 Å². The fraction of sp³-hybridized carbons (Fsp3) is 0.417. The Kier molecular flexibility index (Phi) is 4.31. The molecule has 0 spiro atoms. The summed E-state index contributed by atoms with van der Waals surface area (Å²) in [4.78, 5) is 13.5. The van der Waals surface area contributed by atoms with Gasteiger partial charge in [-0.1, -0.05) is 12.1 Å². The molecule has 0 fully saturated rings. The highest BCUT2D eigenvalue weighted by molar-refractivity contribution is 5.81. The van der Waals surface area contributed by atoms with Crippen molar-refractivity contribution >= 4 is 5.91 Å². The summed E-state index contributed by atoms with van der Waals surface area (Å²) >= 11 is 0. The monoisotopic (exact) mass is 222 g/mol. The van der Waals surface area contributed by atoms with Gasteiger partial charge in [0.2, 0.25) is 5.91 Å². The van der Waals surface area contributed by atoms with Crippen molar-refractivity contribution in [3.05, 3.63) is 29.8 Å². The van der Waals surface area contributed by atoms with E-state index in [1.807, 2.05) is 31.1 Å². The molecule has 0 heterocycles. The molecular formula is C12H18N2O2. The first-order chi connectivity index (χ1) is 7.54. The van der Waals surface area contributed by atoms with Crippen LogP contribution in [0.15, 0.2) is 24.3 Å². The van der Waals surface area contributed by atoms with Crippen molar-refractivity contribution in [3.63, 3.8) is 0 Å². The number of nitrogens with zero attached hydrogens (tertiary/aromatic N) is 1. The van der Waals surface area contributed by atoms with Crippen molar-refractivity contribution in [2.75, 3.05) is 21.1 Å². The van der Waals surface area contributed by atoms with Gasteiger partial charge in [-0.2, -0.15) is 0 Å². The molecule has 2 N–H and O–H groups in total. The third-order valence-electron chi connectivity index (χ3n) is 2.54. The van der Waals surface area contributed by atoms with Crippen LogP contribution in [0, 0.1) is 0 Å². The first-order valence-corrected chi connectivity index (χ1v) is 5.20. The zero-order valence-electron chi connectivity index (χ0n) is 9.90. The number of phenolic OH excluding ortho intramolecular Hbond substituents is 1. The molecule has 0 saturated heterocycles. The molecule has 4 heteroatoms. The number of likely N-dealkylation sites (N-methyl/N-ethyl adjacent to an activating group) is 2. The number of benzene rings is 1. The lowest BCUT2D eigenvalue weighted by Crippen LogP contribution is -2.43. The van der Waals surface area contributed by atoms with Gasteiger partial charge in [0.15, 0.2) is 0 Å². The molecule has 16 heavy (non-hydrogen) atoms. The van der Waals surface area contributed by atoms with Crippen LogP contribution in [0.1, 0.15) is 5.56 Å². The maximum Gasteiger partial charge on any atom is 0.237 e. The number of nitrogens with one attached hydrogen (secondary N) is 1. The Bertz CT molecular complexity index is 347. The maximum absolute atomic E-state index is 11.6. The molecule has 0 radical (unpaired) electrons. The molecule has 0 saturated carbocycles. The van der Waals surface area contributed by atoms with Crippen LogP contribution >= 0.6 is 0 Å². The van der Waals surface area contributed by atoms with E-state index in [0.29, 0.717) is 6.42 Å². The molecule has 88 valence electrons. The van der Waals surface area contributed by atoms with Gasteiger partial charge in [0.25, 0.3) is 0 Å². The molecule has 0 aliphatic carbocycles. The SMILES string of the molecule is CNC(=O)C(Cc1ccc(O)cc1)N(C)C. The second kappa shape index (κ2) is 5.51. The molecule has 0 aliphatic rings. The Morgan fingerprint density at radius 3 is 2.38 bits per heavy atom. The number of aromatic hydroxyl groups is 1. The van der Waals surface area contributed by atoms with Gasteiger partial charge >= 0.3 is 0 Å². The number of amides is 1. The molecule has 1 unspecified atom stereocenters. The van der Waals surface area contributed by atoms with Gasteiger partial charge < -0.3 is 10.4 Å². The number of phenols is 1. The largest absolute Gasteiger partial charge is 0.508 e. The predicted octanol–water partition coefficient (Wildman–Crippen LogP) is 0.611. The lowest BCUT2D eigenvalue weighted by Gasteiger charge is -2.22. The van der Waals surface area contributed by atoms with E-state index in [4.69, 9.17) is 5.11 Å². The van der Waals surface area contributed by atoms with E-state index in [9.17, 15) is 4.79 Å². The van der Waals surface area contributed by atoms with Crippen molar-refractivity contribution in [2.45, 2.75) is 12.5 Å². The van der Waals surface area contributed by atoms with Crippen LogP contribution in [-0.2, 0) is 11.2 Å². The van der Waals surface area contributed by atoms with Crippen molar-refractivity contribution in [3.8, 4) is 5.75 Å². The molecule has 1 atom stereocenters. The average Bonchev–Trinajstić information content (AvgIpc) is 2.27. The molecule has 0 bridgehead atoms. The highest BCUT2D eigenvalue weighted by Crippen LogP contribution is 2.12. The minimum atomic E-state index is -0.186. The van der Waals surface area contributed by atoms with E-state index in [0.717, 1.165) is 5.56 Å². The van der Waals surface area contributed by atoms with Crippen LogP contribution in [-0.4, -0.2) is 43.1 Å².